The fraction of sp³-hybridized carbons (Fsp3) is 0.0714. The number of hydrogen-bond acceptors (Lipinski definition) is 2. The fourth-order valence-corrected chi connectivity index (χ4v) is 3.11. The standard InChI is InChI=1S/C14H9Br3FNO2/c1-21-13-6-12(9(16)5-10(13)17)19-14(20)7-2-3-8(15)11(18)4-7/h2-6H,1H3,(H,19,20). The van der Waals surface area contributed by atoms with Gasteiger partial charge in [0.25, 0.3) is 5.91 Å². The number of carbonyl (C=O) groups excluding carboxylic acids is 1. The highest BCUT2D eigenvalue weighted by Crippen LogP contribution is 2.34. The minimum absolute atomic E-state index is 0.226. The maximum atomic E-state index is 13.5. The number of anilines is 1. The summed E-state index contributed by atoms with van der Waals surface area (Å²) in [5.74, 6) is -0.322. The number of methoxy groups -OCH3 is 1. The molecule has 0 saturated carbocycles. The zero-order valence-electron chi connectivity index (χ0n) is 10.7. The first kappa shape index (κ1) is 16.5. The topological polar surface area (TPSA) is 38.3 Å². The zero-order chi connectivity index (χ0) is 15.6. The molecule has 3 nitrogen and oxygen atoms in total. The largest absolute Gasteiger partial charge is 0.495 e. The molecule has 0 fully saturated rings. The molecule has 0 saturated heterocycles. The number of benzene rings is 2. The lowest BCUT2D eigenvalue weighted by Gasteiger charge is -2.11. The molecule has 0 aliphatic heterocycles. The van der Waals surface area contributed by atoms with E-state index in [9.17, 15) is 9.18 Å². The lowest BCUT2D eigenvalue weighted by atomic mass is 10.2. The van der Waals surface area contributed by atoms with Crippen LogP contribution in [0.3, 0.4) is 0 Å². The van der Waals surface area contributed by atoms with Gasteiger partial charge >= 0.3 is 0 Å². The van der Waals surface area contributed by atoms with Crippen molar-refractivity contribution in [3.8, 4) is 5.75 Å². The van der Waals surface area contributed by atoms with Gasteiger partial charge in [-0.15, -0.1) is 0 Å². The highest BCUT2D eigenvalue weighted by molar-refractivity contribution is 9.11. The molecule has 2 aromatic carbocycles. The first-order valence-corrected chi connectivity index (χ1v) is 8.09. The van der Waals surface area contributed by atoms with E-state index in [1.807, 2.05) is 0 Å². The molecule has 0 atom stereocenters. The average Bonchev–Trinajstić information content (AvgIpc) is 2.44. The van der Waals surface area contributed by atoms with Gasteiger partial charge in [0, 0.05) is 16.1 Å². The highest BCUT2D eigenvalue weighted by atomic mass is 79.9. The maximum absolute atomic E-state index is 13.5. The van der Waals surface area contributed by atoms with Crippen molar-refractivity contribution >= 4 is 59.4 Å². The normalized spacial score (nSPS) is 10.3. The van der Waals surface area contributed by atoms with Gasteiger partial charge in [-0.05, 0) is 72.1 Å². The lowest BCUT2D eigenvalue weighted by Crippen LogP contribution is -2.12. The lowest BCUT2D eigenvalue weighted by molar-refractivity contribution is 0.102. The van der Waals surface area contributed by atoms with Crippen molar-refractivity contribution in [1.29, 1.82) is 0 Å². The van der Waals surface area contributed by atoms with Crippen molar-refractivity contribution in [3.05, 3.63) is 55.1 Å². The molecule has 0 heterocycles. The van der Waals surface area contributed by atoms with Gasteiger partial charge in [0.2, 0.25) is 0 Å². The Bertz CT molecular complexity index is 707. The van der Waals surface area contributed by atoms with E-state index in [1.165, 1.54) is 25.3 Å². The van der Waals surface area contributed by atoms with E-state index in [0.29, 0.717) is 20.4 Å². The van der Waals surface area contributed by atoms with E-state index in [-0.39, 0.29) is 5.56 Å². The predicted octanol–water partition coefficient (Wildman–Crippen LogP) is 5.37. The fourth-order valence-electron chi connectivity index (χ4n) is 1.61. The molecule has 1 amide bonds. The molecule has 2 aromatic rings. The van der Waals surface area contributed by atoms with Crippen molar-refractivity contribution < 1.29 is 13.9 Å². The summed E-state index contributed by atoms with van der Waals surface area (Å²) in [6.45, 7) is 0. The molecule has 0 bridgehead atoms. The smallest absolute Gasteiger partial charge is 0.255 e. The van der Waals surface area contributed by atoms with Crippen LogP contribution in [0.2, 0.25) is 0 Å². The first-order chi connectivity index (χ1) is 9.92. The Hall–Kier alpha value is -0.920. The molecule has 7 heteroatoms. The summed E-state index contributed by atoms with van der Waals surface area (Å²) in [6, 6.07) is 7.62. The van der Waals surface area contributed by atoms with Gasteiger partial charge in [0.1, 0.15) is 11.6 Å². The number of ether oxygens (including phenoxy) is 1. The van der Waals surface area contributed by atoms with Crippen LogP contribution in [0.15, 0.2) is 43.7 Å². The van der Waals surface area contributed by atoms with Crippen molar-refractivity contribution in [2.45, 2.75) is 0 Å². The minimum Gasteiger partial charge on any atom is -0.495 e. The molecule has 0 aliphatic carbocycles. The Kier molecular flexibility index (Phi) is 5.40. The Morgan fingerprint density at radius 3 is 2.43 bits per heavy atom. The quantitative estimate of drug-likeness (QED) is 0.639. The molecule has 21 heavy (non-hydrogen) atoms. The van der Waals surface area contributed by atoms with E-state index in [1.54, 1.807) is 12.1 Å². The van der Waals surface area contributed by atoms with Crippen molar-refractivity contribution in [3.63, 3.8) is 0 Å². The minimum atomic E-state index is -0.491. The molecule has 2 rings (SSSR count). The third-order valence-electron chi connectivity index (χ3n) is 2.67. The van der Waals surface area contributed by atoms with Crippen LogP contribution in [0.4, 0.5) is 10.1 Å². The van der Waals surface area contributed by atoms with Crippen LogP contribution in [-0.4, -0.2) is 13.0 Å². The molecule has 0 radical (unpaired) electrons. The van der Waals surface area contributed by atoms with Gasteiger partial charge < -0.3 is 10.1 Å². The second-order valence-corrected chi connectivity index (χ2v) is 6.61. The predicted molar refractivity (Wildman–Crippen MR) is 90.4 cm³/mol. The number of amides is 1. The Morgan fingerprint density at radius 1 is 1.10 bits per heavy atom. The summed E-state index contributed by atoms with van der Waals surface area (Å²) in [6.07, 6.45) is 0. The first-order valence-electron chi connectivity index (χ1n) is 5.72. The van der Waals surface area contributed by atoms with Crippen molar-refractivity contribution in [2.24, 2.45) is 0 Å². The summed E-state index contributed by atoms with van der Waals surface area (Å²) < 4.78 is 20.4. The molecule has 0 unspecified atom stereocenters. The molecular weight excluding hydrogens is 473 g/mol. The molecule has 0 aliphatic rings. The van der Waals surface area contributed by atoms with Crippen LogP contribution >= 0.6 is 47.8 Å². The van der Waals surface area contributed by atoms with Crippen LogP contribution in [0.5, 0.6) is 5.75 Å². The van der Waals surface area contributed by atoms with E-state index in [2.05, 4.69) is 53.1 Å². The Labute approximate surface area is 146 Å². The zero-order valence-corrected chi connectivity index (χ0v) is 15.5. The average molecular weight is 482 g/mol. The van der Waals surface area contributed by atoms with E-state index < -0.39 is 11.7 Å². The van der Waals surface area contributed by atoms with Gasteiger partial charge in [-0.2, -0.15) is 0 Å². The van der Waals surface area contributed by atoms with E-state index >= 15 is 0 Å². The summed E-state index contributed by atoms with van der Waals surface area (Å²) in [7, 11) is 1.53. The van der Waals surface area contributed by atoms with Crippen molar-refractivity contribution in [1.82, 2.24) is 0 Å². The molecular formula is C14H9Br3FNO2. The number of hydrogen-bond donors (Lipinski definition) is 1. The van der Waals surface area contributed by atoms with E-state index in [4.69, 9.17) is 4.74 Å². The van der Waals surface area contributed by atoms with Gasteiger partial charge in [-0.3, -0.25) is 4.79 Å². The summed E-state index contributed by atoms with van der Waals surface area (Å²) in [5.41, 5.74) is 0.757. The summed E-state index contributed by atoms with van der Waals surface area (Å²) >= 11 is 9.75. The summed E-state index contributed by atoms with van der Waals surface area (Å²) in [4.78, 5) is 12.1. The van der Waals surface area contributed by atoms with Crippen LogP contribution < -0.4 is 10.1 Å². The van der Waals surface area contributed by atoms with Gasteiger partial charge in [-0.25, -0.2) is 4.39 Å². The third-order valence-corrected chi connectivity index (χ3v) is 4.59. The van der Waals surface area contributed by atoms with Crippen molar-refractivity contribution in [2.75, 3.05) is 12.4 Å². The summed E-state index contributed by atoms with van der Waals surface area (Å²) in [5, 5.41) is 2.71. The maximum Gasteiger partial charge on any atom is 0.255 e. The Balaban J connectivity index is 2.29. The van der Waals surface area contributed by atoms with Crippen LogP contribution in [-0.2, 0) is 0 Å². The molecule has 0 spiro atoms. The molecule has 110 valence electrons. The Morgan fingerprint density at radius 2 is 1.81 bits per heavy atom. The number of halogens is 4. The number of carbonyl (C=O) groups is 1. The molecule has 1 N–H and O–H groups in total. The second-order valence-electron chi connectivity index (χ2n) is 4.05. The van der Waals surface area contributed by atoms with Crippen LogP contribution in [0.1, 0.15) is 10.4 Å². The molecule has 0 aromatic heterocycles. The second kappa shape index (κ2) is 6.89. The van der Waals surface area contributed by atoms with Gasteiger partial charge in [-0.1, -0.05) is 0 Å². The SMILES string of the molecule is COc1cc(NC(=O)c2ccc(Br)c(F)c2)c(Br)cc1Br. The van der Waals surface area contributed by atoms with Gasteiger partial charge in [0.15, 0.2) is 0 Å². The van der Waals surface area contributed by atoms with Gasteiger partial charge in [0.05, 0.1) is 21.7 Å². The van der Waals surface area contributed by atoms with E-state index in [0.717, 1.165) is 4.47 Å². The van der Waals surface area contributed by atoms with Crippen LogP contribution in [0.25, 0.3) is 0 Å². The highest BCUT2D eigenvalue weighted by Gasteiger charge is 2.13. The van der Waals surface area contributed by atoms with Crippen LogP contribution in [0, 0.1) is 5.82 Å². The number of rotatable bonds is 3. The monoisotopic (exact) mass is 479 g/mol. The third kappa shape index (κ3) is 3.84. The number of nitrogens with one attached hydrogen (secondary N) is 1.